The zero-order valence-electron chi connectivity index (χ0n) is 11.1. The summed E-state index contributed by atoms with van der Waals surface area (Å²) in [5.41, 5.74) is 0.762. The third kappa shape index (κ3) is 4.11. The summed E-state index contributed by atoms with van der Waals surface area (Å²) in [5.74, 6) is 0.910. The quantitative estimate of drug-likeness (QED) is 0.837. The highest BCUT2D eigenvalue weighted by molar-refractivity contribution is 7.98. The Bertz CT molecular complexity index is 535. The molecule has 1 aromatic heterocycles. The summed E-state index contributed by atoms with van der Waals surface area (Å²) < 4.78 is 0. The van der Waals surface area contributed by atoms with E-state index >= 15 is 0 Å². The van der Waals surface area contributed by atoms with Crippen molar-refractivity contribution >= 4 is 29.0 Å². The van der Waals surface area contributed by atoms with Crippen LogP contribution in [0.15, 0.2) is 46.7 Å². The number of rotatable bonds is 5. The second-order valence-electron chi connectivity index (χ2n) is 4.49. The van der Waals surface area contributed by atoms with Crippen LogP contribution in [0.3, 0.4) is 0 Å². The van der Waals surface area contributed by atoms with Gasteiger partial charge in [-0.25, -0.2) is 0 Å². The van der Waals surface area contributed by atoms with Gasteiger partial charge >= 0.3 is 0 Å². The minimum Gasteiger partial charge on any atom is -0.350 e. The summed E-state index contributed by atoms with van der Waals surface area (Å²) in [7, 11) is 0. The van der Waals surface area contributed by atoms with Crippen molar-refractivity contribution in [1.29, 1.82) is 0 Å². The minimum absolute atomic E-state index is 0.00396. The van der Waals surface area contributed by atoms with Crippen molar-refractivity contribution in [2.24, 2.45) is 0 Å². The average Bonchev–Trinajstić information content (AvgIpc) is 2.89. The van der Waals surface area contributed by atoms with Crippen LogP contribution in [-0.2, 0) is 5.75 Å². The number of thiophene rings is 1. The molecule has 0 saturated heterocycles. The molecular formula is C15H17NOS2. The Kier molecular flexibility index (Phi) is 5.05. The van der Waals surface area contributed by atoms with E-state index in [0.717, 1.165) is 16.2 Å². The normalized spacial score (nSPS) is 10.7. The van der Waals surface area contributed by atoms with E-state index in [4.69, 9.17) is 0 Å². The molecule has 0 aliphatic rings. The molecule has 2 rings (SSSR count). The highest BCUT2D eigenvalue weighted by Gasteiger charge is 2.12. The highest BCUT2D eigenvalue weighted by Crippen LogP contribution is 2.27. The van der Waals surface area contributed by atoms with Gasteiger partial charge in [0.05, 0.1) is 5.56 Å². The molecular weight excluding hydrogens is 274 g/mol. The lowest BCUT2D eigenvalue weighted by molar-refractivity contribution is 0.0940. The molecule has 0 saturated carbocycles. The molecule has 1 aromatic carbocycles. The van der Waals surface area contributed by atoms with E-state index in [1.54, 1.807) is 23.1 Å². The number of thioether (sulfide) groups is 1. The van der Waals surface area contributed by atoms with E-state index in [1.807, 2.05) is 38.1 Å². The molecule has 0 radical (unpaired) electrons. The summed E-state index contributed by atoms with van der Waals surface area (Å²) >= 11 is 3.46. The molecule has 0 aliphatic heterocycles. The van der Waals surface area contributed by atoms with Gasteiger partial charge in [-0.3, -0.25) is 4.79 Å². The molecule has 4 heteroatoms. The lowest BCUT2D eigenvalue weighted by atomic mass is 10.2. The Morgan fingerprint density at radius 1 is 1.26 bits per heavy atom. The van der Waals surface area contributed by atoms with Gasteiger partial charge in [0.25, 0.3) is 5.91 Å². The largest absolute Gasteiger partial charge is 0.350 e. The van der Waals surface area contributed by atoms with Gasteiger partial charge in [-0.2, -0.15) is 0 Å². The van der Waals surface area contributed by atoms with Crippen LogP contribution in [-0.4, -0.2) is 11.9 Å². The van der Waals surface area contributed by atoms with Crippen LogP contribution in [0.25, 0.3) is 0 Å². The fraction of sp³-hybridized carbons (Fsp3) is 0.267. The highest BCUT2D eigenvalue weighted by atomic mass is 32.2. The second kappa shape index (κ2) is 6.78. The maximum absolute atomic E-state index is 12.1. The Morgan fingerprint density at radius 3 is 2.74 bits per heavy atom. The lowest BCUT2D eigenvalue weighted by Crippen LogP contribution is -2.30. The first-order valence-electron chi connectivity index (χ1n) is 6.22. The second-order valence-corrected chi connectivity index (χ2v) is 6.54. The van der Waals surface area contributed by atoms with E-state index in [9.17, 15) is 4.79 Å². The number of carbonyl (C=O) groups excluding carboxylic acids is 1. The predicted octanol–water partition coefficient (Wildman–Crippen LogP) is 4.18. The van der Waals surface area contributed by atoms with Crippen molar-refractivity contribution < 1.29 is 4.79 Å². The van der Waals surface area contributed by atoms with Crippen LogP contribution in [0.2, 0.25) is 0 Å². The molecule has 0 unspecified atom stereocenters. The van der Waals surface area contributed by atoms with E-state index in [1.165, 1.54) is 4.88 Å². The molecule has 1 amide bonds. The first kappa shape index (κ1) is 14.2. The lowest BCUT2D eigenvalue weighted by Gasteiger charge is -2.11. The van der Waals surface area contributed by atoms with Crippen LogP contribution in [0.5, 0.6) is 0 Å². The number of hydrogen-bond donors (Lipinski definition) is 1. The molecule has 0 aliphatic carbocycles. The van der Waals surface area contributed by atoms with Crippen LogP contribution >= 0.6 is 23.1 Å². The minimum atomic E-state index is 0.00396. The Labute approximate surface area is 122 Å². The van der Waals surface area contributed by atoms with Crippen LogP contribution in [0.4, 0.5) is 0 Å². The Hall–Kier alpha value is -1.26. The van der Waals surface area contributed by atoms with Gasteiger partial charge in [0.15, 0.2) is 0 Å². The molecule has 100 valence electrons. The molecule has 2 aromatic rings. The van der Waals surface area contributed by atoms with Gasteiger partial charge in [-0.15, -0.1) is 23.1 Å². The molecule has 0 spiro atoms. The van der Waals surface area contributed by atoms with Gasteiger partial charge < -0.3 is 5.32 Å². The number of amides is 1. The first-order chi connectivity index (χ1) is 9.16. The zero-order valence-corrected chi connectivity index (χ0v) is 12.7. The predicted molar refractivity (Wildman–Crippen MR) is 82.9 cm³/mol. The standard InChI is InChI=1S/C15H17NOS2/c1-11(2)16-15(17)13-7-3-4-8-14(13)19-10-12-6-5-9-18-12/h3-9,11H,10H2,1-2H3,(H,16,17). The van der Waals surface area contributed by atoms with Crippen LogP contribution in [0, 0.1) is 0 Å². The molecule has 2 nitrogen and oxygen atoms in total. The average molecular weight is 291 g/mol. The topological polar surface area (TPSA) is 29.1 Å². The Morgan fingerprint density at radius 2 is 2.05 bits per heavy atom. The monoisotopic (exact) mass is 291 g/mol. The van der Waals surface area contributed by atoms with Crippen molar-refractivity contribution in [2.45, 2.75) is 30.5 Å². The van der Waals surface area contributed by atoms with Gasteiger partial charge in [-0.1, -0.05) is 18.2 Å². The maximum atomic E-state index is 12.1. The number of carbonyl (C=O) groups is 1. The summed E-state index contributed by atoms with van der Waals surface area (Å²) in [6.45, 7) is 3.94. The first-order valence-corrected chi connectivity index (χ1v) is 8.08. The molecule has 19 heavy (non-hydrogen) atoms. The van der Waals surface area contributed by atoms with Gasteiger partial charge in [0.2, 0.25) is 0 Å². The van der Waals surface area contributed by atoms with E-state index in [-0.39, 0.29) is 11.9 Å². The number of hydrogen-bond acceptors (Lipinski definition) is 3. The maximum Gasteiger partial charge on any atom is 0.252 e. The van der Waals surface area contributed by atoms with Crippen LogP contribution in [0.1, 0.15) is 29.1 Å². The number of nitrogens with one attached hydrogen (secondary N) is 1. The SMILES string of the molecule is CC(C)NC(=O)c1ccccc1SCc1cccs1. The summed E-state index contributed by atoms with van der Waals surface area (Å²) in [6.07, 6.45) is 0. The van der Waals surface area contributed by atoms with E-state index in [0.29, 0.717) is 0 Å². The smallest absolute Gasteiger partial charge is 0.252 e. The molecule has 0 fully saturated rings. The molecule has 0 atom stereocenters. The Balaban J connectivity index is 2.09. The third-order valence-electron chi connectivity index (χ3n) is 2.50. The molecule has 1 N–H and O–H groups in total. The summed E-state index contributed by atoms with van der Waals surface area (Å²) in [5, 5.41) is 5.02. The molecule has 1 heterocycles. The summed E-state index contributed by atoms with van der Waals surface area (Å²) in [4.78, 5) is 14.5. The van der Waals surface area contributed by atoms with Crippen molar-refractivity contribution in [3.8, 4) is 0 Å². The van der Waals surface area contributed by atoms with Gasteiger partial charge in [-0.05, 0) is 37.4 Å². The van der Waals surface area contributed by atoms with E-state index in [2.05, 4.69) is 22.8 Å². The van der Waals surface area contributed by atoms with Gasteiger partial charge in [0, 0.05) is 21.6 Å². The molecule has 0 bridgehead atoms. The summed E-state index contributed by atoms with van der Waals surface area (Å²) in [6, 6.07) is 12.1. The third-order valence-corrected chi connectivity index (χ3v) is 4.68. The van der Waals surface area contributed by atoms with Crippen LogP contribution < -0.4 is 5.32 Å². The fourth-order valence-electron chi connectivity index (χ4n) is 1.66. The van der Waals surface area contributed by atoms with Crippen molar-refractivity contribution in [2.75, 3.05) is 0 Å². The fourth-order valence-corrected chi connectivity index (χ4v) is 3.49. The van der Waals surface area contributed by atoms with Crippen molar-refractivity contribution in [3.05, 3.63) is 52.2 Å². The zero-order chi connectivity index (χ0) is 13.7. The van der Waals surface area contributed by atoms with E-state index < -0.39 is 0 Å². The van der Waals surface area contributed by atoms with Crippen molar-refractivity contribution in [3.63, 3.8) is 0 Å². The van der Waals surface area contributed by atoms with Gasteiger partial charge in [0.1, 0.15) is 0 Å². The van der Waals surface area contributed by atoms with Crippen molar-refractivity contribution in [1.82, 2.24) is 5.32 Å². The number of benzene rings is 1.